The van der Waals surface area contributed by atoms with Crippen LogP contribution < -0.4 is 4.74 Å². The summed E-state index contributed by atoms with van der Waals surface area (Å²) in [4.78, 5) is 4.94. The van der Waals surface area contributed by atoms with Gasteiger partial charge in [0.05, 0.1) is 18.1 Å². The Labute approximate surface area is 144 Å². The quantitative estimate of drug-likeness (QED) is 0.520. The number of aromatic nitrogens is 2. The molecule has 0 fully saturated rings. The van der Waals surface area contributed by atoms with E-state index in [1.807, 2.05) is 12.1 Å². The van der Waals surface area contributed by atoms with Crippen LogP contribution in [0, 0.1) is 0 Å². The van der Waals surface area contributed by atoms with E-state index in [4.69, 9.17) is 9.72 Å². The van der Waals surface area contributed by atoms with E-state index in [2.05, 4.69) is 54.8 Å². The molecule has 0 saturated carbocycles. The van der Waals surface area contributed by atoms with Gasteiger partial charge in [-0.25, -0.2) is 4.98 Å². The maximum atomic E-state index is 5.29. The largest absolute Gasteiger partial charge is 0.497 e. The summed E-state index contributed by atoms with van der Waals surface area (Å²) in [7, 11) is 1.70. The van der Waals surface area contributed by atoms with E-state index in [9.17, 15) is 0 Å². The van der Waals surface area contributed by atoms with Gasteiger partial charge >= 0.3 is 0 Å². The van der Waals surface area contributed by atoms with E-state index in [-0.39, 0.29) is 0 Å². The zero-order valence-corrected chi connectivity index (χ0v) is 14.8. The van der Waals surface area contributed by atoms with Crippen molar-refractivity contribution < 1.29 is 4.74 Å². The van der Waals surface area contributed by atoms with Crippen LogP contribution in [0.2, 0.25) is 0 Å². The molecule has 1 atom stereocenters. The molecule has 0 saturated heterocycles. The van der Waals surface area contributed by atoms with Crippen molar-refractivity contribution in [2.75, 3.05) is 7.11 Å². The minimum absolute atomic E-state index is 0.436. The number of fused-ring (bicyclic) bond motifs is 1. The van der Waals surface area contributed by atoms with Crippen molar-refractivity contribution in [1.29, 1.82) is 0 Å². The van der Waals surface area contributed by atoms with Crippen LogP contribution in [0.5, 0.6) is 5.75 Å². The third kappa shape index (κ3) is 3.30. The number of imidazole rings is 1. The Morgan fingerprint density at radius 3 is 2.50 bits per heavy atom. The Bertz CT molecular complexity index is 789. The molecular weight excluding hydrogens is 296 g/mol. The van der Waals surface area contributed by atoms with Crippen molar-refractivity contribution in [3.63, 3.8) is 0 Å². The fourth-order valence-corrected chi connectivity index (χ4v) is 3.21. The van der Waals surface area contributed by atoms with Crippen molar-refractivity contribution in [3.05, 3.63) is 54.4 Å². The number of unbranched alkanes of at least 4 members (excludes halogenated alkanes) is 2. The average molecular weight is 322 g/mol. The van der Waals surface area contributed by atoms with E-state index in [0.717, 1.165) is 22.8 Å². The first-order valence-corrected chi connectivity index (χ1v) is 8.86. The second kappa shape index (κ2) is 7.52. The van der Waals surface area contributed by atoms with E-state index in [1.54, 1.807) is 7.11 Å². The lowest BCUT2D eigenvalue weighted by Gasteiger charge is -2.15. The smallest absolute Gasteiger partial charge is 0.119 e. The molecule has 1 unspecified atom stereocenters. The molecule has 3 rings (SSSR count). The van der Waals surface area contributed by atoms with Crippen LogP contribution in [-0.2, 0) is 0 Å². The summed E-state index contributed by atoms with van der Waals surface area (Å²) in [5, 5.41) is 0. The average Bonchev–Trinajstić information content (AvgIpc) is 3.01. The normalized spacial score (nSPS) is 12.5. The molecule has 3 nitrogen and oxygen atoms in total. The van der Waals surface area contributed by atoms with Gasteiger partial charge in [0.1, 0.15) is 11.6 Å². The number of para-hydroxylation sites is 2. The van der Waals surface area contributed by atoms with E-state index < -0.39 is 0 Å². The fraction of sp³-hybridized carbons (Fsp3) is 0.381. The maximum absolute atomic E-state index is 5.29. The van der Waals surface area contributed by atoms with Crippen molar-refractivity contribution in [2.45, 2.75) is 45.4 Å². The molecule has 1 aromatic heterocycles. The fourth-order valence-electron chi connectivity index (χ4n) is 3.21. The second-order valence-corrected chi connectivity index (χ2v) is 6.39. The molecule has 0 N–H and O–H groups in total. The number of benzene rings is 2. The Balaban J connectivity index is 2.04. The first-order chi connectivity index (χ1) is 11.7. The Morgan fingerprint density at radius 2 is 1.79 bits per heavy atom. The summed E-state index contributed by atoms with van der Waals surface area (Å²) in [6.45, 7) is 4.54. The van der Waals surface area contributed by atoms with E-state index in [1.165, 1.54) is 31.2 Å². The summed E-state index contributed by atoms with van der Waals surface area (Å²) < 4.78 is 7.59. The number of rotatable bonds is 7. The molecule has 24 heavy (non-hydrogen) atoms. The summed E-state index contributed by atoms with van der Waals surface area (Å²) in [6.07, 6.45) is 4.96. The van der Waals surface area contributed by atoms with E-state index >= 15 is 0 Å². The number of ether oxygens (including phenoxy) is 1. The van der Waals surface area contributed by atoms with Gasteiger partial charge in [-0.15, -0.1) is 0 Å². The van der Waals surface area contributed by atoms with Crippen LogP contribution in [0.15, 0.2) is 48.5 Å². The molecule has 126 valence electrons. The minimum Gasteiger partial charge on any atom is -0.497 e. The molecule has 1 heterocycles. The van der Waals surface area contributed by atoms with Crippen LogP contribution in [0.1, 0.15) is 51.3 Å². The van der Waals surface area contributed by atoms with Crippen LogP contribution in [0.25, 0.3) is 16.7 Å². The zero-order valence-electron chi connectivity index (χ0n) is 14.8. The van der Waals surface area contributed by atoms with Gasteiger partial charge in [-0.2, -0.15) is 0 Å². The topological polar surface area (TPSA) is 27.1 Å². The molecule has 0 aliphatic rings. The van der Waals surface area contributed by atoms with Crippen molar-refractivity contribution in [3.8, 4) is 11.4 Å². The van der Waals surface area contributed by atoms with Crippen LogP contribution >= 0.6 is 0 Å². The van der Waals surface area contributed by atoms with Gasteiger partial charge < -0.3 is 4.74 Å². The highest BCUT2D eigenvalue weighted by Crippen LogP contribution is 2.29. The second-order valence-electron chi connectivity index (χ2n) is 6.39. The molecule has 0 spiro atoms. The number of nitrogens with zero attached hydrogens (tertiary/aromatic N) is 2. The molecule has 3 aromatic rings. The highest BCUT2D eigenvalue weighted by atomic mass is 16.5. The molecule has 2 aromatic carbocycles. The maximum Gasteiger partial charge on any atom is 0.119 e. The third-order valence-electron chi connectivity index (χ3n) is 4.60. The third-order valence-corrected chi connectivity index (χ3v) is 4.60. The number of methoxy groups -OCH3 is 1. The van der Waals surface area contributed by atoms with Gasteiger partial charge in [0.25, 0.3) is 0 Å². The molecule has 0 aliphatic carbocycles. The summed E-state index contributed by atoms with van der Waals surface area (Å²) in [5.74, 6) is 2.46. The summed E-state index contributed by atoms with van der Waals surface area (Å²) >= 11 is 0. The summed E-state index contributed by atoms with van der Waals surface area (Å²) in [6, 6.07) is 16.6. The van der Waals surface area contributed by atoms with Crippen molar-refractivity contribution >= 4 is 11.0 Å². The summed E-state index contributed by atoms with van der Waals surface area (Å²) in [5.41, 5.74) is 3.37. The van der Waals surface area contributed by atoms with Crippen molar-refractivity contribution in [1.82, 2.24) is 9.55 Å². The van der Waals surface area contributed by atoms with Gasteiger partial charge in [0.15, 0.2) is 0 Å². The van der Waals surface area contributed by atoms with Crippen LogP contribution in [-0.4, -0.2) is 16.7 Å². The highest BCUT2D eigenvalue weighted by Gasteiger charge is 2.17. The first-order valence-electron chi connectivity index (χ1n) is 8.86. The van der Waals surface area contributed by atoms with Gasteiger partial charge in [0, 0.05) is 11.6 Å². The van der Waals surface area contributed by atoms with Crippen LogP contribution in [0.3, 0.4) is 0 Å². The van der Waals surface area contributed by atoms with Gasteiger partial charge in [-0.05, 0) is 42.8 Å². The molecule has 3 heteroatoms. The lowest BCUT2D eigenvalue weighted by molar-refractivity contribution is 0.414. The predicted molar refractivity (Wildman–Crippen MR) is 100 cm³/mol. The SMILES string of the molecule is CCCCCC(C)c1nc2ccccc2n1-c1ccc(OC)cc1. The Morgan fingerprint density at radius 1 is 1.04 bits per heavy atom. The zero-order chi connectivity index (χ0) is 16.9. The Kier molecular flexibility index (Phi) is 5.19. The van der Waals surface area contributed by atoms with E-state index in [0.29, 0.717) is 5.92 Å². The lowest BCUT2D eigenvalue weighted by Crippen LogP contribution is -2.05. The van der Waals surface area contributed by atoms with Gasteiger partial charge in [-0.3, -0.25) is 4.57 Å². The minimum atomic E-state index is 0.436. The first kappa shape index (κ1) is 16.6. The van der Waals surface area contributed by atoms with Crippen LogP contribution in [0.4, 0.5) is 0 Å². The number of hydrogen-bond acceptors (Lipinski definition) is 2. The highest BCUT2D eigenvalue weighted by molar-refractivity contribution is 5.78. The number of hydrogen-bond donors (Lipinski definition) is 0. The molecule has 0 bridgehead atoms. The predicted octanol–water partition coefficient (Wildman–Crippen LogP) is 5.72. The molecular formula is C21H26N2O. The monoisotopic (exact) mass is 322 g/mol. The lowest BCUT2D eigenvalue weighted by atomic mass is 10.0. The van der Waals surface area contributed by atoms with Gasteiger partial charge in [-0.1, -0.05) is 45.2 Å². The van der Waals surface area contributed by atoms with Gasteiger partial charge in [0.2, 0.25) is 0 Å². The molecule has 0 amide bonds. The Hall–Kier alpha value is -2.29. The molecule has 0 aliphatic heterocycles. The van der Waals surface area contributed by atoms with Crippen molar-refractivity contribution in [2.24, 2.45) is 0 Å². The standard InChI is InChI=1S/C21H26N2O/c1-4-5-6-9-16(2)21-22-19-10-7-8-11-20(19)23(21)17-12-14-18(24-3)15-13-17/h7-8,10-16H,4-6,9H2,1-3H3. The molecule has 0 radical (unpaired) electrons.